The monoisotopic (exact) mass is 266 g/mol. The fourth-order valence-corrected chi connectivity index (χ4v) is 2.29. The number of carbonyl (C=O) groups is 1. The molecule has 8 nitrogen and oxygen atoms in total. The highest BCUT2D eigenvalue weighted by Gasteiger charge is 2.39. The fourth-order valence-electron chi connectivity index (χ4n) is 1.84. The highest BCUT2D eigenvalue weighted by Crippen LogP contribution is 2.32. The Morgan fingerprint density at radius 3 is 2.89 bits per heavy atom. The molecule has 0 aromatic heterocycles. The largest absolute Gasteiger partial charge is 0.508 e. The lowest BCUT2D eigenvalue weighted by atomic mass is 10.1. The Morgan fingerprint density at radius 1 is 1.39 bits per heavy atom. The van der Waals surface area contributed by atoms with E-state index in [-0.39, 0.29) is 10.7 Å². The van der Waals surface area contributed by atoms with Gasteiger partial charge in [0.05, 0.1) is 11.3 Å². The van der Waals surface area contributed by atoms with Gasteiger partial charge in [-0.3, -0.25) is 4.79 Å². The van der Waals surface area contributed by atoms with Crippen LogP contribution < -0.4 is 10.3 Å². The zero-order valence-electron chi connectivity index (χ0n) is 8.73. The molecule has 2 N–H and O–H groups in total. The minimum absolute atomic E-state index is 0.0471. The van der Waals surface area contributed by atoms with Crippen LogP contribution in [0, 0.1) is 0 Å². The van der Waals surface area contributed by atoms with Crippen LogP contribution in [0.1, 0.15) is 10.4 Å². The lowest BCUT2D eigenvalue weighted by molar-refractivity contribution is 0.0940. The van der Waals surface area contributed by atoms with Crippen molar-refractivity contribution in [1.82, 2.24) is 5.32 Å². The summed E-state index contributed by atoms with van der Waals surface area (Å²) in [5.41, 5.74) is 0.605. The van der Waals surface area contributed by atoms with Crippen molar-refractivity contribution in [3.8, 4) is 5.75 Å². The highest BCUT2D eigenvalue weighted by molar-refractivity contribution is 7.73. The van der Waals surface area contributed by atoms with Crippen LogP contribution in [-0.4, -0.2) is 30.6 Å². The summed E-state index contributed by atoms with van der Waals surface area (Å²) in [5, 5.41) is 20.3. The Bertz CT molecular complexity index is 716. The van der Waals surface area contributed by atoms with Gasteiger partial charge in [0, 0.05) is 6.07 Å². The number of carbonyl (C=O) groups excluding carboxylic acids is 1. The van der Waals surface area contributed by atoms with E-state index in [0.717, 1.165) is 0 Å². The number of hydrogen-bond donors (Lipinski definition) is 2. The van der Waals surface area contributed by atoms with Gasteiger partial charge in [-0.25, -0.2) is 5.01 Å². The molecular weight excluding hydrogens is 260 g/mol. The molecule has 2 aliphatic rings. The Labute approximate surface area is 102 Å². The maximum atomic E-state index is 11.8. The molecule has 0 spiro atoms. The standard InChI is InChI=1S/C9H6N4O4S/c14-4-1-2-5-6(3-4)13-7(10-8(5)15)9(11-12-13)18(16)17/h1-3,7,14H,(H,10,15). The molecule has 1 atom stereocenters. The van der Waals surface area contributed by atoms with Crippen molar-refractivity contribution >= 4 is 26.9 Å². The van der Waals surface area contributed by atoms with Crippen LogP contribution in [0.2, 0.25) is 0 Å². The summed E-state index contributed by atoms with van der Waals surface area (Å²) in [5.74, 6) is -0.490. The summed E-state index contributed by atoms with van der Waals surface area (Å²) >= 11 is 0. The molecule has 1 aromatic rings. The third-order valence-electron chi connectivity index (χ3n) is 2.63. The number of phenolic OH excluding ortho intramolecular Hbond substituents is 1. The topological polar surface area (TPSA) is 111 Å². The average molecular weight is 266 g/mol. The SMILES string of the molecule is O=C1NC2C(=S(=O)=O)N=NN2c2cc(O)ccc21. The first-order valence-electron chi connectivity index (χ1n) is 4.89. The third-order valence-corrected chi connectivity index (χ3v) is 3.28. The quantitative estimate of drug-likeness (QED) is 0.624. The van der Waals surface area contributed by atoms with Crippen molar-refractivity contribution in [2.45, 2.75) is 6.17 Å². The van der Waals surface area contributed by atoms with Crippen molar-refractivity contribution in [1.29, 1.82) is 0 Å². The van der Waals surface area contributed by atoms with Gasteiger partial charge in [-0.15, -0.1) is 5.11 Å². The second kappa shape index (κ2) is 3.53. The molecular formula is C9H6N4O4S. The molecule has 2 aliphatic heterocycles. The Morgan fingerprint density at radius 2 is 2.17 bits per heavy atom. The number of aromatic hydroxyl groups is 1. The predicted molar refractivity (Wildman–Crippen MR) is 60.6 cm³/mol. The molecule has 0 aliphatic carbocycles. The number of phenols is 1. The van der Waals surface area contributed by atoms with Crippen LogP contribution in [0.4, 0.5) is 5.69 Å². The number of rotatable bonds is 0. The van der Waals surface area contributed by atoms with Crippen molar-refractivity contribution in [3.05, 3.63) is 23.8 Å². The molecule has 9 heteroatoms. The van der Waals surface area contributed by atoms with E-state index in [0.29, 0.717) is 11.3 Å². The van der Waals surface area contributed by atoms with Crippen LogP contribution in [0.5, 0.6) is 5.75 Å². The lowest BCUT2D eigenvalue weighted by Gasteiger charge is -2.28. The number of amides is 1. The average Bonchev–Trinajstić information content (AvgIpc) is 2.72. The molecule has 3 rings (SSSR count). The normalized spacial score (nSPS) is 20.4. The molecule has 1 amide bonds. The molecule has 0 radical (unpaired) electrons. The summed E-state index contributed by atoms with van der Waals surface area (Å²) < 4.78 is 21.8. The van der Waals surface area contributed by atoms with Gasteiger partial charge in [0.1, 0.15) is 5.75 Å². The summed E-state index contributed by atoms with van der Waals surface area (Å²) in [4.78, 5) is 11.5. The Kier molecular flexibility index (Phi) is 2.10. The van der Waals surface area contributed by atoms with Crippen LogP contribution in [-0.2, 0) is 10.3 Å². The van der Waals surface area contributed by atoms with Gasteiger partial charge in [-0.1, -0.05) is 5.22 Å². The zero-order valence-corrected chi connectivity index (χ0v) is 9.55. The Balaban J connectivity index is 2.21. The van der Waals surface area contributed by atoms with Gasteiger partial charge in [-0.05, 0) is 12.1 Å². The molecule has 2 heterocycles. The number of anilines is 1. The van der Waals surface area contributed by atoms with Gasteiger partial charge in [-0.2, -0.15) is 8.42 Å². The van der Waals surface area contributed by atoms with Crippen molar-refractivity contribution in [3.63, 3.8) is 0 Å². The van der Waals surface area contributed by atoms with Crippen LogP contribution >= 0.6 is 0 Å². The first kappa shape index (κ1) is 10.7. The summed E-state index contributed by atoms with van der Waals surface area (Å²) in [7, 11) is -2.57. The fraction of sp³-hybridized carbons (Fsp3) is 0.111. The zero-order chi connectivity index (χ0) is 12.9. The van der Waals surface area contributed by atoms with E-state index in [1.165, 1.54) is 23.2 Å². The number of hydrogen-bond acceptors (Lipinski definition) is 6. The second-order valence-corrected chi connectivity index (χ2v) is 4.57. The van der Waals surface area contributed by atoms with E-state index >= 15 is 0 Å². The van der Waals surface area contributed by atoms with E-state index in [2.05, 4.69) is 15.7 Å². The number of nitrogens with one attached hydrogen (secondary N) is 1. The maximum absolute atomic E-state index is 11.8. The number of nitrogens with zero attached hydrogens (tertiary/aromatic N) is 3. The van der Waals surface area contributed by atoms with E-state index in [1.807, 2.05) is 0 Å². The molecule has 0 saturated heterocycles. The maximum Gasteiger partial charge on any atom is 0.255 e. The van der Waals surface area contributed by atoms with Crippen LogP contribution in [0.15, 0.2) is 28.5 Å². The van der Waals surface area contributed by atoms with Crippen molar-refractivity contribution < 1.29 is 18.3 Å². The smallest absolute Gasteiger partial charge is 0.255 e. The lowest BCUT2D eigenvalue weighted by Crippen LogP contribution is -2.52. The van der Waals surface area contributed by atoms with Crippen molar-refractivity contribution in [2.24, 2.45) is 10.3 Å². The van der Waals surface area contributed by atoms with E-state index in [1.54, 1.807) is 0 Å². The molecule has 0 fully saturated rings. The van der Waals surface area contributed by atoms with Gasteiger partial charge < -0.3 is 10.4 Å². The molecule has 18 heavy (non-hydrogen) atoms. The molecule has 1 aromatic carbocycles. The third kappa shape index (κ3) is 1.37. The predicted octanol–water partition coefficient (Wildman–Crippen LogP) is -0.342. The molecule has 0 bridgehead atoms. The van der Waals surface area contributed by atoms with Gasteiger partial charge in [0.25, 0.3) is 5.91 Å². The minimum atomic E-state index is -2.57. The highest BCUT2D eigenvalue weighted by atomic mass is 32.2. The summed E-state index contributed by atoms with van der Waals surface area (Å²) in [6, 6.07) is 4.12. The molecule has 92 valence electrons. The second-order valence-electron chi connectivity index (χ2n) is 3.68. The molecule has 0 saturated carbocycles. The van der Waals surface area contributed by atoms with E-state index < -0.39 is 22.4 Å². The van der Waals surface area contributed by atoms with Gasteiger partial charge in [0.2, 0.25) is 15.3 Å². The van der Waals surface area contributed by atoms with E-state index in [4.69, 9.17) is 0 Å². The summed E-state index contributed by atoms with van der Waals surface area (Å²) in [6.45, 7) is 0. The number of benzene rings is 1. The first-order valence-corrected chi connectivity index (χ1v) is 5.96. The van der Waals surface area contributed by atoms with Gasteiger partial charge in [0.15, 0.2) is 6.17 Å². The van der Waals surface area contributed by atoms with Gasteiger partial charge >= 0.3 is 0 Å². The Hall–Kier alpha value is -2.42. The minimum Gasteiger partial charge on any atom is -0.508 e. The van der Waals surface area contributed by atoms with Crippen molar-refractivity contribution in [2.75, 3.05) is 5.01 Å². The van der Waals surface area contributed by atoms with Crippen LogP contribution in [0.25, 0.3) is 0 Å². The molecule has 1 unspecified atom stereocenters. The first-order chi connectivity index (χ1) is 8.58. The van der Waals surface area contributed by atoms with Crippen LogP contribution in [0.3, 0.4) is 0 Å². The number of fused-ring (bicyclic) bond motifs is 3. The summed E-state index contributed by atoms with van der Waals surface area (Å²) in [6.07, 6.45) is -0.954. The van der Waals surface area contributed by atoms with E-state index in [9.17, 15) is 18.3 Å².